The quantitative estimate of drug-likeness (QED) is 0.681. The van der Waals surface area contributed by atoms with Gasteiger partial charge in [-0.1, -0.05) is 6.07 Å². The van der Waals surface area contributed by atoms with E-state index in [1.165, 1.54) is 12.5 Å². The Labute approximate surface area is 87.6 Å². The standard InChI is InChI=1S/C9H11N2O3S/c1-14-9-5-3-4-8-6-10(7-11(8)9)15(2,12)13/h3-7H,1-2H3/q+1. The number of aromatic nitrogens is 2. The van der Waals surface area contributed by atoms with Crippen LogP contribution in [-0.2, 0) is 10.0 Å². The van der Waals surface area contributed by atoms with Crippen molar-refractivity contribution in [2.45, 2.75) is 0 Å². The Morgan fingerprint density at radius 2 is 2.13 bits per heavy atom. The summed E-state index contributed by atoms with van der Waals surface area (Å²) in [6, 6.07) is 5.38. The Morgan fingerprint density at radius 3 is 2.73 bits per heavy atom. The Hall–Kier alpha value is -1.56. The van der Waals surface area contributed by atoms with Crippen LogP contribution < -0.4 is 8.71 Å². The summed E-state index contributed by atoms with van der Waals surface area (Å²) in [5, 5.41) is 0. The minimum absolute atomic E-state index is 0.592. The molecule has 0 aliphatic carbocycles. The number of hydrogen-bond donors (Lipinski definition) is 0. The fourth-order valence-electron chi connectivity index (χ4n) is 1.37. The maximum Gasteiger partial charge on any atom is 0.302 e. The summed E-state index contributed by atoms with van der Waals surface area (Å²) in [4.78, 5) is 0. The summed E-state index contributed by atoms with van der Waals surface area (Å²) in [5.41, 5.74) is 0.764. The van der Waals surface area contributed by atoms with E-state index in [0.29, 0.717) is 5.88 Å². The van der Waals surface area contributed by atoms with E-state index in [2.05, 4.69) is 0 Å². The monoisotopic (exact) mass is 227 g/mol. The van der Waals surface area contributed by atoms with Crippen LogP contribution in [0.2, 0.25) is 0 Å². The highest BCUT2D eigenvalue weighted by Gasteiger charge is 2.17. The predicted octanol–water partition coefficient (Wildman–Crippen LogP) is 0.0431. The van der Waals surface area contributed by atoms with Gasteiger partial charge in [-0.2, -0.15) is 12.8 Å². The van der Waals surface area contributed by atoms with Gasteiger partial charge in [-0.05, 0) is 6.07 Å². The molecule has 0 amide bonds. The number of fused-ring (bicyclic) bond motifs is 1. The maximum atomic E-state index is 11.3. The lowest BCUT2D eigenvalue weighted by atomic mass is 10.4. The smallest absolute Gasteiger partial charge is 0.302 e. The number of pyridine rings is 1. The van der Waals surface area contributed by atoms with Gasteiger partial charge in [-0.3, -0.25) is 0 Å². The zero-order valence-corrected chi connectivity index (χ0v) is 9.23. The van der Waals surface area contributed by atoms with Crippen LogP contribution in [0.3, 0.4) is 0 Å². The Bertz CT molecular complexity index is 601. The highest BCUT2D eigenvalue weighted by molar-refractivity contribution is 7.84. The first-order chi connectivity index (χ1) is 7.02. The molecular weight excluding hydrogens is 216 g/mol. The number of methoxy groups -OCH3 is 1. The van der Waals surface area contributed by atoms with E-state index in [-0.39, 0.29) is 0 Å². The van der Waals surface area contributed by atoms with Crippen LogP contribution in [0.4, 0.5) is 0 Å². The molecule has 15 heavy (non-hydrogen) atoms. The van der Waals surface area contributed by atoms with E-state index in [0.717, 1.165) is 15.7 Å². The first kappa shape index (κ1) is 9.97. The van der Waals surface area contributed by atoms with Gasteiger partial charge < -0.3 is 4.74 Å². The largest absolute Gasteiger partial charge is 0.465 e. The van der Waals surface area contributed by atoms with Crippen molar-refractivity contribution in [3.05, 3.63) is 30.7 Å². The van der Waals surface area contributed by atoms with Crippen LogP contribution in [0.15, 0.2) is 30.7 Å². The average molecular weight is 227 g/mol. The summed E-state index contributed by atoms with van der Waals surface area (Å²) in [6.07, 6.45) is 4.17. The van der Waals surface area contributed by atoms with Crippen molar-refractivity contribution < 1.29 is 17.1 Å². The van der Waals surface area contributed by atoms with Crippen molar-refractivity contribution in [2.75, 3.05) is 13.4 Å². The highest BCUT2D eigenvalue weighted by atomic mass is 32.2. The molecule has 0 saturated heterocycles. The predicted molar refractivity (Wildman–Crippen MR) is 54.4 cm³/mol. The van der Waals surface area contributed by atoms with Crippen LogP contribution in [0.5, 0.6) is 5.88 Å². The zero-order valence-electron chi connectivity index (χ0n) is 8.41. The van der Waals surface area contributed by atoms with Gasteiger partial charge in [0.2, 0.25) is 0 Å². The van der Waals surface area contributed by atoms with Gasteiger partial charge in [0.15, 0.2) is 11.7 Å². The van der Waals surface area contributed by atoms with Crippen LogP contribution in [-0.4, -0.2) is 26.2 Å². The minimum Gasteiger partial charge on any atom is -0.465 e. The molecule has 2 heterocycles. The summed E-state index contributed by atoms with van der Waals surface area (Å²) in [5.74, 6) is 0.592. The maximum absolute atomic E-state index is 11.3. The van der Waals surface area contributed by atoms with Gasteiger partial charge in [0.1, 0.15) is 0 Å². The van der Waals surface area contributed by atoms with E-state index >= 15 is 0 Å². The second-order valence-electron chi connectivity index (χ2n) is 3.20. The number of ether oxygens (including phenoxy) is 1. The van der Waals surface area contributed by atoms with Crippen LogP contribution in [0.25, 0.3) is 5.52 Å². The minimum atomic E-state index is -3.25. The molecule has 0 N–H and O–H groups in total. The molecule has 6 heteroatoms. The van der Waals surface area contributed by atoms with Crippen molar-refractivity contribution in [1.29, 1.82) is 0 Å². The fraction of sp³-hybridized carbons (Fsp3) is 0.222. The summed E-state index contributed by atoms with van der Waals surface area (Å²) in [6.45, 7) is 0. The topological polar surface area (TPSA) is 51.7 Å². The van der Waals surface area contributed by atoms with Crippen LogP contribution >= 0.6 is 0 Å². The van der Waals surface area contributed by atoms with Crippen molar-refractivity contribution in [3.63, 3.8) is 0 Å². The third-order valence-corrected chi connectivity index (χ3v) is 3.07. The van der Waals surface area contributed by atoms with Gasteiger partial charge >= 0.3 is 10.0 Å². The molecule has 5 nitrogen and oxygen atoms in total. The van der Waals surface area contributed by atoms with E-state index in [1.54, 1.807) is 23.6 Å². The van der Waals surface area contributed by atoms with Crippen molar-refractivity contribution in [3.8, 4) is 5.88 Å². The molecule has 0 aromatic carbocycles. The molecule has 0 unspecified atom stereocenters. The lowest BCUT2D eigenvalue weighted by molar-refractivity contribution is -0.508. The lowest BCUT2D eigenvalue weighted by Crippen LogP contribution is -2.39. The van der Waals surface area contributed by atoms with Gasteiger partial charge in [-0.15, -0.1) is 3.97 Å². The Kier molecular flexibility index (Phi) is 2.15. The molecule has 2 aromatic rings. The molecule has 0 radical (unpaired) electrons. The first-order valence-electron chi connectivity index (χ1n) is 4.29. The summed E-state index contributed by atoms with van der Waals surface area (Å²) < 4.78 is 30.6. The number of imidazole rings is 1. The molecule has 0 spiro atoms. The second-order valence-corrected chi connectivity index (χ2v) is 5.09. The molecule has 80 valence electrons. The van der Waals surface area contributed by atoms with E-state index in [4.69, 9.17) is 4.74 Å². The molecule has 0 aliphatic heterocycles. The highest BCUT2D eigenvalue weighted by Crippen LogP contribution is 2.12. The lowest BCUT2D eigenvalue weighted by Gasteiger charge is -1.95. The molecule has 2 rings (SSSR count). The summed E-state index contributed by atoms with van der Waals surface area (Å²) in [7, 11) is -1.71. The third kappa shape index (κ3) is 1.68. The van der Waals surface area contributed by atoms with E-state index < -0.39 is 10.0 Å². The second kappa shape index (κ2) is 3.23. The van der Waals surface area contributed by atoms with Gasteiger partial charge in [0, 0.05) is 6.07 Å². The van der Waals surface area contributed by atoms with Crippen LogP contribution in [0.1, 0.15) is 0 Å². The Morgan fingerprint density at radius 1 is 1.40 bits per heavy atom. The molecule has 0 fully saturated rings. The van der Waals surface area contributed by atoms with E-state index in [1.807, 2.05) is 6.07 Å². The molecule has 0 aliphatic rings. The molecular formula is C9H11N2O3S+. The number of rotatable bonds is 2. The summed E-state index contributed by atoms with van der Waals surface area (Å²) >= 11 is 0. The van der Waals surface area contributed by atoms with Gasteiger partial charge in [0.25, 0.3) is 12.2 Å². The Balaban J connectivity index is 2.76. The number of hydrogen-bond acceptors (Lipinski definition) is 3. The number of nitrogens with zero attached hydrogens (tertiary/aromatic N) is 2. The fourth-order valence-corrected chi connectivity index (χ4v) is 1.94. The zero-order chi connectivity index (χ0) is 11.1. The molecule has 2 aromatic heterocycles. The molecule has 0 saturated carbocycles. The normalized spacial score (nSPS) is 11.9. The van der Waals surface area contributed by atoms with Crippen molar-refractivity contribution >= 4 is 15.5 Å². The first-order valence-corrected chi connectivity index (χ1v) is 6.14. The van der Waals surface area contributed by atoms with E-state index in [9.17, 15) is 8.42 Å². The van der Waals surface area contributed by atoms with Crippen molar-refractivity contribution in [2.24, 2.45) is 0 Å². The van der Waals surface area contributed by atoms with Gasteiger partial charge in [0.05, 0.1) is 13.4 Å². The van der Waals surface area contributed by atoms with Crippen LogP contribution in [0, 0.1) is 0 Å². The van der Waals surface area contributed by atoms with Gasteiger partial charge in [-0.25, -0.2) is 0 Å². The molecule has 0 atom stereocenters. The van der Waals surface area contributed by atoms with Crippen molar-refractivity contribution in [1.82, 2.24) is 4.40 Å². The SMILES string of the molecule is COc1cccc2c[n+](S(C)(=O)=O)cn12. The third-order valence-electron chi connectivity index (χ3n) is 2.10. The average Bonchev–Trinajstić information content (AvgIpc) is 2.59. The molecule has 0 bridgehead atoms.